The van der Waals surface area contributed by atoms with Gasteiger partial charge in [0.25, 0.3) is 0 Å². The summed E-state index contributed by atoms with van der Waals surface area (Å²) in [5.74, 6) is 0.483. The van der Waals surface area contributed by atoms with Gasteiger partial charge in [0.05, 0.1) is 6.10 Å². The molecule has 58 valence electrons. The predicted molar refractivity (Wildman–Crippen MR) is 42.3 cm³/mol. The molecule has 1 heterocycles. The van der Waals surface area contributed by atoms with Gasteiger partial charge in [-0.1, -0.05) is 6.92 Å². The van der Waals surface area contributed by atoms with Gasteiger partial charge in [-0.2, -0.15) is 0 Å². The van der Waals surface area contributed by atoms with Gasteiger partial charge >= 0.3 is 0 Å². The lowest BCUT2D eigenvalue weighted by Gasteiger charge is -2.28. The molecule has 10 heavy (non-hydrogen) atoms. The highest BCUT2D eigenvalue weighted by Crippen LogP contribution is 2.17. The molecule has 3 unspecified atom stereocenters. The number of nitrogens with zero attached hydrogens (tertiary/aromatic N) is 1. The quantitative estimate of drug-likeness (QED) is 0.504. The molecule has 0 aromatic heterocycles. The average Bonchev–Trinajstić information content (AvgIpc) is 1.82. The zero-order chi connectivity index (χ0) is 7.72. The topological polar surface area (TPSA) is 21.6 Å². The molecule has 0 spiro atoms. The van der Waals surface area contributed by atoms with Gasteiger partial charge in [0.15, 0.2) is 0 Å². The normalized spacial score (nSPS) is 41.2. The van der Waals surface area contributed by atoms with E-state index in [1.807, 2.05) is 6.92 Å². The fourth-order valence-electron chi connectivity index (χ4n) is 1.20. The molecule has 1 aliphatic heterocycles. The monoisotopic (exact) mass is 141 g/mol. The van der Waals surface area contributed by atoms with E-state index in [-0.39, 0.29) is 6.23 Å². The van der Waals surface area contributed by atoms with E-state index >= 15 is 0 Å². The van der Waals surface area contributed by atoms with Crippen LogP contribution in [-0.2, 0) is 4.74 Å². The molecule has 2 heteroatoms. The van der Waals surface area contributed by atoms with Gasteiger partial charge in [-0.05, 0) is 20.8 Å². The van der Waals surface area contributed by atoms with Crippen LogP contribution in [0.3, 0.4) is 0 Å². The zero-order valence-electron chi connectivity index (χ0n) is 7.09. The van der Waals surface area contributed by atoms with Crippen molar-refractivity contribution < 1.29 is 4.74 Å². The van der Waals surface area contributed by atoms with Crippen LogP contribution in [0.15, 0.2) is 4.99 Å². The largest absolute Gasteiger partial charge is 0.353 e. The second-order valence-electron chi connectivity index (χ2n) is 3.00. The lowest BCUT2D eigenvalue weighted by atomic mass is 10.00. The van der Waals surface area contributed by atoms with Crippen molar-refractivity contribution in [1.29, 1.82) is 0 Å². The molecular weight excluding hydrogens is 126 g/mol. The SMILES string of the molecule is CC1=NC(C)OC(C)C1C. The Morgan fingerprint density at radius 3 is 2.40 bits per heavy atom. The molecule has 0 saturated heterocycles. The first-order chi connectivity index (χ1) is 4.61. The van der Waals surface area contributed by atoms with E-state index < -0.39 is 0 Å². The van der Waals surface area contributed by atoms with Crippen LogP contribution in [0.1, 0.15) is 27.7 Å². The van der Waals surface area contributed by atoms with E-state index in [4.69, 9.17) is 4.74 Å². The van der Waals surface area contributed by atoms with Crippen molar-refractivity contribution >= 4 is 5.71 Å². The summed E-state index contributed by atoms with van der Waals surface area (Å²) in [6.45, 7) is 8.29. The molecule has 0 radical (unpaired) electrons. The van der Waals surface area contributed by atoms with Gasteiger partial charge < -0.3 is 4.74 Å². The molecule has 2 nitrogen and oxygen atoms in total. The minimum absolute atomic E-state index is 0.0613. The highest BCUT2D eigenvalue weighted by molar-refractivity contribution is 5.85. The Morgan fingerprint density at radius 2 is 1.90 bits per heavy atom. The summed E-state index contributed by atoms with van der Waals surface area (Å²) >= 11 is 0. The Hall–Kier alpha value is -0.370. The molecule has 0 aliphatic carbocycles. The molecule has 0 fully saturated rings. The van der Waals surface area contributed by atoms with Crippen LogP contribution in [0.4, 0.5) is 0 Å². The van der Waals surface area contributed by atoms with Crippen LogP contribution in [0.2, 0.25) is 0 Å². The van der Waals surface area contributed by atoms with Crippen molar-refractivity contribution in [2.24, 2.45) is 10.9 Å². The van der Waals surface area contributed by atoms with Gasteiger partial charge in [-0.15, -0.1) is 0 Å². The van der Waals surface area contributed by atoms with E-state index in [0.29, 0.717) is 12.0 Å². The summed E-state index contributed by atoms with van der Waals surface area (Å²) < 4.78 is 5.48. The fraction of sp³-hybridized carbons (Fsp3) is 0.875. The highest BCUT2D eigenvalue weighted by Gasteiger charge is 2.22. The third-order valence-corrected chi connectivity index (χ3v) is 2.16. The van der Waals surface area contributed by atoms with Crippen LogP contribution in [0.25, 0.3) is 0 Å². The zero-order valence-corrected chi connectivity index (χ0v) is 7.09. The maximum atomic E-state index is 5.48. The molecule has 0 amide bonds. The summed E-state index contributed by atoms with van der Waals surface area (Å²) in [4.78, 5) is 4.31. The summed E-state index contributed by atoms with van der Waals surface area (Å²) in [6, 6.07) is 0. The molecule has 0 aromatic carbocycles. The first-order valence-corrected chi connectivity index (χ1v) is 3.81. The average molecular weight is 141 g/mol. The third kappa shape index (κ3) is 1.37. The van der Waals surface area contributed by atoms with Crippen molar-refractivity contribution in [3.63, 3.8) is 0 Å². The van der Waals surface area contributed by atoms with Crippen LogP contribution in [0.5, 0.6) is 0 Å². The summed E-state index contributed by atoms with van der Waals surface area (Å²) in [7, 11) is 0. The van der Waals surface area contributed by atoms with E-state index in [9.17, 15) is 0 Å². The van der Waals surface area contributed by atoms with Crippen LogP contribution in [-0.4, -0.2) is 18.0 Å². The number of rotatable bonds is 0. The molecule has 0 aromatic rings. The van der Waals surface area contributed by atoms with E-state index in [1.54, 1.807) is 0 Å². The highest BCUT2D eigenvalue weighted by atomic mass is 16.5. The van der Waals surface area contributed by atoms with Crippen LogP contribution >= 0.6 is 0 Å². The van der Waals surface area contributed by atoms with Gasteiger partial charge in [-0.25, -0.2) is 0 Å². The molecule has 0 bridgehead atoms. The van der Waals surface area contributed by atoms with E-state index in [0.717, 1.165) is 0 Å². The van der Waals surface area contributed by atoms with Gasteiger partial charge in [-0.3, -0.25) is 4.99 Å². The Balaban J connectivity index is 2.71. The first-order valence-electron chi connectivity index (χ1n) is 3.81. The first kappa shape index (κ1) is 7.73. The van der Waals surface area contributed by atoms with Crippen molar-refractivity contribution in [2.75, 3.05) is 0 Å². The standard InChI is InChI=1S/C8H15NO/c1-5-6(2)9-8(4)10-7(5)3/h5,7-8H,1-4H3. The molecule has 0 N–H and O–H groups in total. The molecule has 0 saturated carbocycles. The Labute approximate surface area is 62.3 Å². The maximum Gasteiger partial charge on any atom is 0.145 e. The number of hydrogen-bond acceptors (Lipinski definition) is 2. The smallest absolute Gasteiger partial charge is 0.145 e. The number of ether oxygens (including phenoxy) is 1. The van der Waals surface area contributed by atoms with Crippen molar-refractivity contribution in [2.45, 2.75) is 40.0 Å². The lowest BCUT2D eigenvalue weighted by Crippen LogP contribution is -2.32. The van der Waals surface area contributed by atoms with E-state index in [1.165, 1.54) is 5.71 Å². The Kier molecular flexibility index (Phi) is 2.09. The van der Waals surface area contributed by atoms with Crippen molar-refractivity contribution in [1.82, 2.24) is 0 Å². The second kappa shape index (κ2) is 2.70. The summed E-state index contributed by atoms with van der Waals surface area (Å²) in [5.41, 5.74) is 1.21. The van der Waals surface area contributed by atoms with Gasteiger partial charge in [0, 0.05) is 11.6 Å². The molecule has 3 atom stereocenters. The van der Waals surface area contributed by atoms with Gasteiger partial charge in [0.1, 0.15) is 6.23 Å². The van der Waals surface area contributed by atoms with Crippen molar-refractivity contribution in [3.8, 4) is 0 Å². The Morgan fingerprint density at radius 1 is 1.30 bits per heavy atom. The minimum atomic E-state index is 0.0613. The molecule has 1 rings (SSSR count). The number of aliphatic imine (C=N–C) groups is 1. The Bertz CT molecular complexity index is 153. The molecule has 1 aliphatic rings. The van der Waals surface area contributed by atoms with Crippen LogP contribution in [0, 0.1) is 5.92 Å². The van der Waals surface area contributed by atoms with E-state index in [2.05, 4.69) is 25.8 Å². The minimum Gasteiger partial charge on any atom is -0.353 e. The molecular formula is C8H15NO. The number of hydrogen-bond donors (Lipinski definition) is 0. The predicted octanol–water partition coefficient (Wildman–Crippen LogP) is 1.85. The van der Waals surface area contributed by atoms with Crippen LogP contribution < -0.4 is 0 Å². The second-order valence-corrected chi connectivity index (χ2v) is 3.00. The summed E-state index contributed by atoms with van der Waals surface area (Å²) in [5, 5.41) is 0. The fourth-order valence-corrected chi connectivity index (χ4v) is 1.20. The van der Waals surface area contributed by atoms with Gasteiger partial charge in [0.2, 0.25) is 0 Å². The van der Waals surface area contributed by atoms with Crippen molar-refractivity contribution in [3.05, 3.63) is 0 Å². The third-order valence-electron chi connectivity index (χ3n) is 2.16. The summed E-state index contributed by atoms with van der Waals surface area (Å²) in [6.07, 6.45) is 0.388. The lowest BCUT2D eigenvalue weighted by molar-refractivity contribution is -0.0127. The maximum absolute atomic E-state index is 5.48.